The van der Waals surface area contributed by atoms with Crippen molar-refractivity contribution < 1.29 is 0 Å². The summed E-state index contributed by atoms with van der Waals surface area (Å²) in [5, 5.41) is 0. The van der Waals surface area contributed by atoms with Crippen molar-refractivity contribution in [2.45, 2.75) is 34.6 Å². The number of aryl methyl sites for hydroxylation is 1. The Balaban J connectivity index is 0.000000509. The highest BCUT2D eigenvalue weighted by Gasteiger charge is 1.98. The first kappa shape index (κ1) is 14.4. The minimum atomic E-state index is 0.938. The van der Waals surface area contributed by atoms with E-state index < -0.39 is 0 Å². The lowest BCUT2D eigenvalue weighted by Gasteiger charge is -1.93. The Morgan fingerprint density at radius 3 is 1.94 bits per heavy atom. The van der Waals surface area contributed by atoms with Crippen LogP contribution in [0.2, 0.25) is 0 Å². The highest BCUT2D eigenvalue weighted by molar-refractivity contribution is 5.54. The Labute approximate surface area is 98.8 Å². The van der Waals surface area contributed by atoms with Crippen LogP contribution >= 0.6 is 0 Å². The molecule has 2 aromatic rings. The Morgan fingerprint density at radius 1 is 0.938 bits per heavy atom. The van der Waals surface area contributed by atoms with Crippen LogP contribution in [0.4, 0.5) is 0 Å². The van der Waals surface area contributed by atoms with Crippen LogP contribution in [0.5, 0.6) is 0 Å². The third kappa shape index (κ3) is 4.30. The van der Waals surface area contributed by atoms with Crippen LogP contribution in [0.15, 0.2) is 36.5 Å². The van der Waals surface area contributed by atoms with Crippen molar-refractivity contribution in [3.8, 4) is 11.4 Å². The van der Waals surface area contributed by atoms with Gasteiger partial charge in [0.25, 0.3) is 0 Å². The summed E-state index contributed by atoms with van der Waals surface area (Å²) in [6.45, 7) is 10.00. The number of hydrogen-bond donors (Lipinski definition) is 1. The van der Waals surface area contributed by atoms with Gasteiger partial charge in [0, 0.05) is 17.5 Å². The molecule has 0 amide bonds. The molecule has 2 nitrogen and oxygen atoms in total. The number of nitrogens with one attached hydrogen (secondary N) is 1. The second-order valence-corrected chi connectivity index (χ2v) is 2.78. The first-order valence-electron chi connectivity index (χ1n) is 5.93. The average Bonchev–Trinajstić information content (AvgIpc) is 2.82. The summed E-state index contributed by atoms with van der Waals surface area (Å²) in [5.74, 6) is 0.938. The van der Waals surface area contributed by atoms with E-state index in [1.165, 1.54) is 0 Å². The van der Waals surface area contributed by atoms with Gasteiger partial charge >= 0.3 is 0 Å². The molecule has 0 saturated heterocycles. The number of hydrogen-bond acceptors (Lipinski definition) is 1. The van der Waals surface area contributed by atoms with E-state index in [4.69, 9.17) is 0 Å². The molecule has 0 radical (unpaired) electrons. The molecular weight excluding hydrogens is 196 g/mol. The van der Waals surface area contributed by atoms with E-state index in [1.54, 1.807) is 0 Å². The molecule has 0 saturated carbocycles. The smallest absolute Gasteiger partial charge is 0.137 e. The number of rotatable bonds is 1. The first-order chi connectivity index (χ1) is 7.86. The Morgan fingerprint density at radius 2 is 1.50 bits per heavy atom. The zero-order valence-corrected chi connectivity index (χ0v) is 10.9. The summed E-state index contributed by atoms with van der Waals surface area (Å²) >= 11 is 0. The molecule has 16 heavy (non-hydrogen) atoms. The largest absolute Gasteiger partial charge is 0.342 e. The molecular formula is C14H22N2. The molecule has 88 valence electrons. The van der Waals surface area contributed by atoms with Crippen LogP contribution in [0.3, 0.4) is 0 Å². The van der Waals surface area contributed by atoms with E-state index in [-0.39, 0.29) is 0 Å². The van der Waals surface area contributed by atoms with Gasteiger partial charge in [0.05, 0.1) is 0 Å². The summed E-state index contributed by atoms with van der Waals surface area (Å²) in [7, 11) is 0. The fourth-order valence-electron chi connectivity index (χ4n) is 1.16. The number of benzene rings is 1. The maximum Gasteiger partial charge on any atom is 0.137 e. The molecule has 0 aliphatic carbocycles. The van der Waals surface area contributed by atoms with Crippen LogP contribution in [-0.2, 0) is 0 Å². The lowest BCUT2D eigenvalue weighted by Crippen LogP contribution is -1.78. The van der Waals surface area contributed by atoms with E-state index in [0.717, 1.165) is 17.1 Å². The second-order valence-electron chi connectivity index (χ2n) is 2.78. The molecule has 0 aliphatic rings. The quantitative estimate of drug-likeness (QED) is 0.753. The van der Waals surface area contributed by atoms with Gasteiger partial charge in [0.1, 0.15) is 5.82 Å². The molecule has 1 N–H and O–H groups in total. The number of imidazole rings is 1. The van der Waals surface area contributed by atoms with E-state index in [9.17, 15) is 0 Å². The van der Waals surface area contributed by atoms with Gasteiger partial charge in [-0.05, 0) is 6.92 Å². The summed E-state index contributed by atoms with van der Waals surface area (Å²) in [5.41, 5.74) is 2.22. The van der Waals surface area contributed by atoms with Gasteiger partial charge < -0.3 is 4.98 Å². The number of H-pyrrole nitrogens is 1. The van der Waals surface area contributed by atoms with Gasteiger partial charge in [0.15, 0.2) is 0 Å². The molecule has 1 heterocycles. The molecule has 2 rings (SSSR count). The molecule has 2 heteroatoms. The highest BCUT2D eigenvalue weighted by Crippen LogP contribution is 2.13. The van der Waals surface area contributed by atoms with Crippen LogP contribution in [0.25, 0.3) is 11.4 Å². The maximum atomic E-state index is 4.23. The van der Waals surface area contributed by atoms with Gasteiger partial charge in [-0.25, -0.2) is 4.98 Å². The fraction of sp³-hybridized carbons (Fsp3) is 0.357. The van der Waals surface area contributed by atoms with Gasteiger partial charge in [0.2, 0.25) is 0 Å². The van der Waals surface area contributed by atoms with E-state index >= 15 is 0 Å². The zero-order valence-electron chi connectivity index (χ0n) is 10.9. The number of aromatic amines is 1. The maximum absolute atomic E-state index is 4.23. The fourth-order valence-corrected chi connectivity index (χ4v) is 1.16. The van der Waals surface area contributed by atoms with Crippen molar-refractivity contribution in [1.29, 1.82) is 0 Å². The van der Waals surface area contributed by atoms with Crippen LogP contribution in [0, 0.1) is 6.92 Å². The van der Waals surface area contributed by atoms with Crippen LogP contribution in [-0.4, -0.2) is 9.97 Å². The molecule has 0 atom stereocenters. The summed E-state index contributed by atoms with van der Waals surface area (Å²) < 4.78 is 0. The van der Waals surface area contributed by atoms with Gasteiger partial charge in [-0.2, -0.15) is 0 Å². The minimum absolute atomic E-state index is 0.938. The van der Waals surface area contributed by atoms with Crippen molar-refractivity contribution in [2.75, 3.05) is 0 Å². The first-order valence-corrected chi connectivity index (χ1v) is 5.93. The van der Waals surface area contributed by atoms with Crippen LogP contribution in [0.1, 0.15) is 33.4 Å². The molecule has 0 fully saturated rings. The van der Waals surface area contributed by atoms with Crippen molar-refractivity contribution in [2.24, 2.45) is 0 Å². The average molecular weight is 218 g/mol. The SMILES string of the molecule is CC.CC.Cc1cnc(-c2ccccc2)[nH]1. The molecule has 0 unspecified atom stereocenters. The lowest BCUT2D eigenvalue weighted by molar-refractivity contribution is 1.26. The molecule has 0 aliphatic heterocycles. The Bertz CT molecular complexity index is 363. The number of aromatic nitrogens is 2. The topological polar surface area (TPSA) is 28.7 Å². The van der Waals surface area contributed by atoms with Gasteiger partial charge in [-0.3, -0.25) is 0 Å². The standard InChI is InChI=1S/C10H10N2.2C2H6/c1-8-7-11-10(12-8)9-5-3-2-4-6-9;2*1-2/h2-7H,1H3,(H,11,12);2*1-2H3. The second kappa shape index (κ2) is 8.72. The monoisotopic (exact) mass is 218 g/mol. The van der Waals surface area contributed by atoms with Crippen molar-refractivity contribution >= 4 is 0 Å². The molecule has 1 aromatic heterocycles. The van der Waals surface area contributed by atoms with E-state index in [0.29, 0.717) is 0 Å². The normalized spacial score (nSPS) is 8.31. The predicted octanol–water partition coefficient (Wildman–Crippen LogP) is 4.44. The van der Waals surface area contributed by atoms with Crippen LogP contribution < -0.4 is 0 Å². The molecule has 0 bridgehead atoms. The van der Waals surface area contributed by atoms with E-state index in [1.807, 2.05) is 71.1 Å². The third-order valence-electron chi connectivity index (χ3n) is 1.75. The minimum Gasteiger partial charge on any atom is -0.342 e. The predicted molar refractivity (Wildman–Crippen MR) is 71.5 cm³/mol. The Kier molecular flexibility index (Phi) is 7.86. The Hall–Kier alpha value is -1.57. The van der Waals surface area contributed by atoms with Gasteiger partial charge in [-0.15, -0.1) is 0 Å². The van der Waals surface area contributed by atoms with Crippen molar-refractivity contribution in [3.63, 3.8) is 0 Å². The molecule has 0 spiro atoms. The van der Waals surface area contributed by atoms with Crippen molar-refractivity contribution in [3.05, 3.63) is 42.2 Å². The summed E-state index contributed by atoms with van der Waals surface area (Å²) in [4.78, 5) is 7.41. The zero-order chi connectivity index (χ0) is 12.4. The van der Waals surface area contributed by atoms with Crippen molar-refractivity contribution in [1.82, 2.24) is 9.97 Å². The highest BCUT2D eigenvalue weighted by atomic mass is 14.9. The number of nitrogens with zero attached hydrogens (tertiary/aromatic N) is 1. The lowest BCUT2D eigenvalue weighted by atomic mass is 10.2. The summed E-state index contributed by atoms with van der Waals surface area (Å²) in [6, 6.07) is 10.1. The molecule has 1 aromatic carbocycles. The third-order valence-corrected chi connectivity index (χ3v) is 1.75. The summed E-state index contributed by atoms with van der Waals surface area (Å²) in [6.07, 6.45) is 1.84. The van der Waals surface area contributed by atoms with Gasteiger partial charge in [-0.1, -0.05) is 58.0 Å². The van der Waals surface area contributed by atoms with E-state index in [2.05, 4.69) is 9.97 Å².